The van der Waals surface area contributed by atoms with Gasteiger partial charge >= 0.3 is 0 Å². The molecule has 1 saturated carbocycles. The normalized spacial score (nSPS) is 28.5. The molecular weight excluding hydrogens is 681 g/mol. The highest BCUT2D eigenvalue weighted by Crippen LogP contribution is 2.64. The van der Waals surface area contributed by atoms with E-state index in [0.717, 1.165) is 15.5 Å². The van der Waals surface area contributed by atoms with Crippen molar-refractivity contribution in [1.29, 1.82) is 0 Å². The third kappa shape index (κ3) is 4.24. The SMILES string of the molecule is COc1cc([C@H]2C3=CC[C@@H]4C(=O)N(C)C(=O)[C@@H]4[C@@H]3C[C@H]3C(=O)N(Nc4ccc(F)cc4)C(=O)[C@@]23c2ccc(Cl)cc2)cc(Br)c1O. The first-order valence-corrected chi connectivity index (χ1v) is 15.9. The van der Waals surface area contributed by atoms with Gasteiger partial charge in [-0.05, 0) is 94.3 Å². The van der Waals surface area contributed by atoms with Gasteiger partial charge in [0.1, 0.15) is 5.82 Å². The lowest BCUT2D eigenvalue weighted by atomic mass is 9.49. The molecule has 46 heavy (non-hydrogen) atoms. The number of fused-ring (bicyclic) bond motifs is 4. The van der Waals surface area contributed by atoms with Crippen molar-refractivity contribution in [1.82, 2.24) is 9.91 Å². The Morgan fingerprint density at radius 1 is 1.00 bits per heavy atom. The molecule has 2 aliphatic heterocycles. The number of hydrogen-bond acceptors (Lipinski definition) is 7. The van der Waals surface area contributed by atoms with Crippen molar-refractivity contribution >= 4 is 56.8 Å². The maximum Gasteiger partial charge on any atom is 0.260 e. The van der Waals surface area contributed by atoms with E-state index in [0.29, 0.717) is 32.7 Å². The number of rotatable bonds is 5. The van der Waals surface area contributed by atoms with Gasteiger partial charge in [-0.2, -0.15) is 5.01 Å². The highest BCUT2D eigenvalue weighted by molar-refractivity contribution is 9.10. The molecule has 2 aliphatic carbocycles. The van der Waals surface area contributed by atoms with E-state index in [4.69, 9.17) is 16.3 Å². The molecule has 0 aromatic heterocycles. The molecule has 3 aromatic rings. The number of halogens is 3. The lowest BCUT2D eigenvalue weighted by Gasteiger charge is -2.50. The van der Waals surface area contributed by atoms with Crippen LogP contribution in [0.15, 0.2) is 76.8 Å². The lowest BCUT2D eigenvalue weighted by molar-refractivity contribution is -0.140. The Morgan fingerprint density at radius 2 is 1.70 bits per heavy atom. The van der Waals surface area contributed by atoms with Gasteiger partial charge in [0.15, 0.2) is 11.5 Å². The maximum atomic E-state index is 15.1. The number of benzene rings is 3. The first-order valence-electron chi connectivity index (χ1n) is 14.7. The molecule has 9 nitrogen and oxygen atoms in total. The Labute approximate surface area is 277 Å². The molecule has 2 N–H and O–H groups in total. The second-order valence-electron chi connectivity index (χ2n) is 12.2. The number of hydrazine groups is 1. The summed E-state index contributed by atoms with van der Waals surface area (Å²) in [6.07, 6.45) is 2.36. The summed E-state index contributed by atoms with van der Waals surface area (Å²) in [7, 11) is 2.88. The molecule has 2 heterocycles. The van der Waals surface area contributed by atoms with E-state index in [1.165, 1.54) is 38.4 Å². The maximum absolute atomic E-state index is 15.1. The smallest absolute Gasteiger partial charge is 0.260 e. The van der Waals surface area contributed by atoms with E-state index in [1.54, 1.807) is 36.4 Å². The lowest BCUT2D eigenvalue weighted by Crippen LogP contribution is -2.53. The summed E-state index contributed by atoms with van der Waals surface area (Å²) in [5, 5.41) is 12.2. The highest BCUT2D eigenvalue weighted by atomic mass is 79.9. The zero-order valence-corrected chi connectivity index (χ0v) is 27.0. The molecule has 2 saturated heterocycles. The number of carbonyl (C=O) groups is 4. The van der Waals surface area contributed by atoms with Gasteiger partial charge < -0.3 is 9.84 Å². The van der Waals surface area contributed by atoms with Crippen LogP contribution in [0.3, 0.4) is 0 Å². The number of aromatic hydroxyl groups is 1. The monoisotopic (exact) mass is 707 g/mol. The van der Waals surface area contributed by atoms with Crippen LogP contribution >= 0.6 is 27.5 Å². The summed E-state index contributed by atoms with van der Waals surface area (Å²) < 4.78 is 19.6. The van der Waals surface area contributed by atoms with Crippen LogP contribution in [-0.2, 0) is 24.6 Å². The summed E-state index contributed by atoms with van der Waals surface area (Å²) >= 11 is 9.74. The molecule has 6 atom stereocenters. The van der Waals surface area contributed by atoms with Gasteiger partial charge in [0.2, 0.25) is 11.8 Å². The fraction of sp³-hybridized carbons (Fsp3) is 0.294. The van der Waals surface area contributed by atoms with Gasteiger partial charge in [-0.3, -0.25) is 29.5 Å². The van der Waals surface area contributed by atoms with Crippen molar-refractivity contribution < 1.29 is 33.4 Å². The molecule has 7 rings (SSSR count). The van der Waals surface area contributed by atoms with Gasteiger partial charge in [-0.25, -0.2) is 4.39 Å². The van der Waals surface area contributed by atoms with Gasteiger partial charge in [0.25, 0.3) is 11.8 Å². The quantitative estimate of drug-likeness (QED) is 0.263. The number of anilines is 1. The van der Waals surface area contributed by atoms with Crippen molar-refractivity contribution in [3.63, 3.8) is 0 Å². The summed E-state index contributed by atoms with van der Waals surface area (Å²) in [5.41, 5.74) is 3.55. The molecule has 0 unspecified atom stereocenters. The van der Waals surface area contributed by atoms with Crippen LogP contribution in [0.5, 0.6) is 11.5 Å². The van der Waals surface area contributed by atoms with Crippen LogP contribution in [0, 0.1) is 29.5 Å². The minimum Gasteiger partial charge on any atom is -0.503 e. The minimum atomic E-state index is -1.54. The van der Waals surface area contributed by atoms with Crippen LogP contribution in [0.2, 0.25) is 5.02 Å². The van der Waals surface area contributed by atoms with E-state index in [-0.39, 0.29) is 29.7 Å². The molecule has 4 amide bonds. The number of allylic oxidation sites excluding steroid dienone is 2. The standard InChI is InChI=1S/C34H28BrClFN3O6/c1-39-30(42)22-12-11-21-23(27(22)32(39)44)15-24-31(43)40(38-20-9-7-19(37)8-10-20)33(45)34(24,17-3-5-18(36)6-4-17)28(21)16-13-25(35)29(41)26(14-16)46-2/h3-11,13-14,22-24,27-28,38,41H,12,15H2,1-2H3/t22-,23+,24-,27-,28-,34+/m0/s1. The van der Waals surface area contributed by atoms with Crippen molar-refractivity contribution in [3.8, 4) is 11.5 Å². The number of imide groups is 2. The van der Waals surface area contributed by atoms with E-state index >= 15 is 4.79 Å². The molecule has 236 valence electrons. The van der Waals surface area contributed by atoms with Crippen LogP contribution in [0.4, 0.5) is 10.1 Å². The average Bonchev–Trinajstić information content (AvgIpc) is 3.40. The second-order valence-corrected chi connectivity index (χ2v) is 13.5. The van der Waals surface area contributed by atoms with Gasteiger partial charge in [0.05, 0.1) is 40.4 Å². The number of phenolic OH excluding ortho intramolecular Hbond substituents is 1. The zero-order chi connectivity index (χ0) is 32.7. The van der Waals surface area contributed by atoms with Crippen molar-refractivity contribution in [2.24, 2.45) is 23.7 Å². The van der Waals surface area contributed by atoms with Gasteiger partial charge in [-0.1, -0.05) is 35.4 Å². The van der Waals surface area contributed by atoms with Gasteiger partial charge in [0, 0.05) is 18.0 Å². The molecule has 0 radical (unpaired) electrons. The number of ether oxygens (including phenoxy) is 1. The Kier molecular flexibility index (Phi) is 7.24. The first kappa shape index (κ1) is 30.4. The topological polar surface area (TPSA) is 116 Å². The fourth-order valence-corrected chi connectivity index (χ4v) is 8.69. The summed E-state index contributed by atoms with van der Waals surface area (Å²) in [6, 6.07) is 15.4. The minimum absolute atomic E-state index is 0.127. The van der Waals surface area contributed by atoms with Crippen molar-refractivity contribution in [3.05, 3.63) is 98.8 Å². The Hall–Kier alpha value is -4.22. The van der Waals surface area contributed by atoms with Crippen LogP contribution in [0.1, 0.15) is 29.9 Å². The molecule has 3 fully saturated rings. The number of methoxy groups -OCH3 is 1. The molecule has 0 bridgehead atoms. The number of carbonyl (C=O) groups excluding carboxylic acids is 4. The van der Waals surface area contributed by atoms with Crippen LogP contribution in [0.25, 0.3) is 0 Å². The van der Waals surface area contributed by atoms with E-state index in [1.807, 2.05) is 6.08 Å². The number of likely N-dealkylation sites (tertiary alicyclic amines) is 1. The Bertz CT molecular complexity index is 1850. The van der Waals surface area contributed by atoms with E-state index < -0.39 is 52.6 Å². The largest absolute Gasteiger partial charge is 0.503 e. The van der Waals surface area contributed by atoms with E-state index in [2.05, 4.69) is 21.4 Å². The van der Waals surface area contributed by atoms with Crippen molar-refractivity contribution in [2.75, 3.05) is 19.6 Å². The van der Waals surface area contributed by atoms with E-state index in [9.17, 15) is 23.9 Å². The number of phenols is 1. The molecule has 12 heteroatoms. The van der Waals surface area contributed by atoms with Crippen molar-refractivity contribution in [2.45, 2.75) is 24.2 Å². The molecular formula is C34H28BrClFN3O6. The fourth-order valence-electron chi connectivity index (χ4n) is 8.10. The average molecular weight is 709 g/mol. The molecule has 0 spiro atoms. The Balaban J connectivity index is 1.50. The highest BCUT2D eigenvalue weighted by Gasteiger charge is 2.70. The second kappa shape index (κ2) is 10.9. The summed E-state index contributed by atoms with van der Waals surface area (Å²) in [5.74, 6) is -5.73. The third-order valence-electron chi connectivity index (χ3n) is 10.1. The Morgan fingerprint density at radius 3 is 2.37 bits per heavy atom. The number of nitrogens with one attached hydrogen (secondary N) is 1. The number of hydrogen-bond donors (Lipinski definition) is 2. The van der Waals surface area contributed by atoms with Crippen LogP contribution in [-0.4, -0.2) is 52.8 Å². The summed E-state index contributed by atoms with van der Waals surface area (Å²) in [4.78, 5) is 57.5. The number of nitrogens with zero attached hydrogens (tertiary/aromatic N) is 2. The van der Waals surface area contributed by atoms with Gasteiger partial charge in [-0.15, -0.1) is 0 Å². The summed E-state index contributed by atoms with van der Waals surface area (Å²) in [6.45, 7) is 0. The third-order valence-corrected chi connectivity index (χ3v) is 10.9. The predicted molar refractivity (Wildman–Crippen MR) is 169 cm³/mol. The molecule has 3 aromatic carbocycles. The molecule has 4 aliphatic rings. The van der Waals surface area contributed by atoms with Crippen LogP contribution < -0.4 is 10.2 Å². The predicted octanol–water partition coefficient (Wildman–Crippen LogP) is 5.57. The zero-order valence-electron chi connectivity index (χ0n) is 24.7. The number of amides is 4. The first-order chi connectivity index (χ1) is 22.0.